The summed E-state index contributed by atoms with van der Waals surface area (Å²) in [6, 6.07) is 7.86. The summed E-state index contributed by atoms with van der Waals surface area (Å²) < 4.78 is 12.4. The average molecular weight is 281 g/mol. The van der Waals surface area contributed by atoms with Crippen molar-refractivity contribution < 1.29 is 13.2 Å². The van der Waals surface area contributed by atoms with Crippen LogP contribution in [-0.2, 0) is 18.8 Å². The molecule has 2 unspecified atom stereocenters. The van der Waals surface area contributed by atoms with Gasteiger partial charge in [0.05, 0.1) is 5.69 Å². The van der Waals surface area contributed by atoms with Crippen LogP contribution in [0.1, 0.15) is 26.3 Å². The maximum atomic E-state index is 12.1. The third kappa shape index (κ3) is 1.46. The number of amides is 1. The minimum Gasteiger partial charge on any atom is -0.278 e. The lowest BCUT2D eigenvalue weighted by atomic mass is 9.90. The third-order valence-electron chi connectivity index (χ3n) is 4.02. The maximum Gasteiger partial charge on any atom is 0.226 e. The monoisotopic (exact) mass is 281 g/mol. The molecule has 2 aliphatic heterocycles. The van der Waals surface area contributed by atoms with Crippen LogP contribution in [0, 0.1) is 0 Å². The van der Waals surface area contributed by atoms with Gasteiger partial charge in [0.2, 0.25) is 11.6 Å². The summed E-state index contributed by atoms with van der Waals surface area (Å²) in [4.78, 5) is 13.8. The third-order valence-corrected chi connectivity index (χ3v) is 5.48. The van der Waals surface area contributed by atoms with Gasteiger partial charge in [-0.3, -0.25) is 18.1 Å². The Hall–Kier alpha value is -1.04. The first-order chi connectivity index (χ1) is 8.71. The Bertz CT molecular complexity index is 574. The molecule has 1 amide bonds. The van der Waals surface area contributed by atoms with E-state index in [0.717, 1.165) is 11.3 Å². The molecule has 1 saturated heterocycles. The van der Waals surface area contributed by atoms with Gasteiger partial charge >= 0.3 is 0 Å². The van der Waals surface area contributed by atoms with E-state index in [1.54, 1.807) is 11.8 Å². The van der Waals surface area contributed by atoms with Crippen molar-refractivity contribution in [1.29, 1.82) is 0 Å². The quantitative estimate of drug-likeness (QED) is 0.734. The molecule has 3 rings (SSSR count). The molecule has 1 aromatic rings. The number of nitrogens with zero attached hydrogens (tertiary/aromatic N) is 1. The molecular formula is C14H19NO3S. The van der Waals surface area contributed by atoms with Gasteiger partial charge in [0.15, 0.2) is 5.60 Å². The number of fused-ring (bicyclic) bond motifs is 3. The molecule has 19 heavy (non-hydrogen) atoms. The Balaban J connectivity index is 2.28. The van der Waals surface area contributed by atoms with Crippen molar-refractivity contribution in [2.75, 3.05) is 17.4 Å². The van der Waals surface area contributed by atoms with Gasteiger partial charge < -0.3 is 0 Å². The van der Waals surface area contributed by atoms with Gasteiger partial charge in [-0.25, -0.2) is 0 Å². The van der Waals surface area contributed by atoms with Crippen LogP contribution >= 0.6 is 10.6 Å². The van der Waals surface area contributed by atoms with Crippen LogP contribution in [0.3, 0.4) is 0 Å². The number of carbonyl (C=O) groups is 1. The summed E-state index contributed by atoms with van der Waals surface area (Å²) in [7, 11) is -1.63. The first-order valence-corrected chi connectivity index (χ1v) is 8.56. The number of benzene rings is 1. The van der Waals surface area contributed by atoms with Crippen molar-refractivity contribution >= 4 is 22.2 Å². The minimum absolute atomic E-state index is 0.0284. The summed E-state index contributed by atoms with van der Waals surface area (Å²) >= 11 is 0. The van der Waals surface area contributed by atoms with Crippen LogP contribution in [0.5, 0.6) is 0 Å². The molecule has 1 aromatic carbocycles. The van der Waals surface area contributed by atoms with E-state index in [0.29, 0.717) is 0 Å². The fourth-order valence-electron chi connectivity index (χ4n) is 3.28. The first kappa shape index (κ1) is 13.0. The molecule has 0 spiro atoms. The van der Waals surface area contributed by atoms with Crippen molar-refractivity contribution in [2.45, 2.75) is 32.1 Å². The number of anilines is 1. The number of hydrogen-bond donors (Lipinski definition) is 0. The normalized spacial score (nSPS) is 36.8. The van der Waals surface area contributed by atoms with Crippen molar-refractivity contribution in [3.63, 3.8) is 0 Å². The predicted molar refractivity (Wildman–Crippen MR) is 77.0 cm³/mol. The van der Waals surface area contributed by atoms with Crippen LogP contribution in [-0.4, -0.2) is 24.1 Å². The second kappa shape index (κ2) is 3.53. The topological polar surface area (TPSA) is 38.8 Å². The van der Waals surface area contributed by atoms with Crippen LogP contribution in [0.25, 0.3) is 0 Å². The Kier molecular flexibility index (Phi) is 2.41. The van der Waals surface area contributed by atoms with Crippen LogP contribution in [0.4, 0.5) is 5.69 Å². The largest absolute Gasteiger partial charge is 0.278 e. The van der Waals surface area contributed by atoms with E-state index >= 15 is 0 Å². The molecule has 0 aromatic heterocycles. The Morgan fingerprint density at radius 1 is 1.21 bits per heavy atom. The molecule has 0 N–H and O–H groups in total. The molecule has 0 bridgehead atoms. The Labute approximate surface area is 115 Å². The number of rotatable bonds is 0. The van der Waals surface area contributed by atoms with E-state index < -0.39 is 21.9 Å². The van der Waals surface area contributed by atoms with Crippen molar-refractivity contribution in [2.24, 2.45) is 0 Å². The van der Waals surface area contributed by atoms with Crippen molar-refractivity contribution in [3.05, 3.63) is 29.8 Å². The Morgan fingerprint density at radius 3 is 2.47 bits per heavy atom. The zero-order valence-corrected chi connectivity index (χ0v) is 12.7. The number of hydrogen-bond acceptors (Lipinski definition) is 3. The fraction of sp³-hybridized carbons (Fsp3) is 0.500. The van der Waals surface area contributed by atoms with Crippen molar-refractivity contribution in [1.82, 2.24) is 0 Å². The average Bonchev–Trinajstić information content (AvgIpc) is 2.55. The van der Waals surface area contributed by atoms with Crippen molar-refractivity contribution in [3.8, 4) is 0 Å². The van der Waals surface area contributed by atoms with Crippen LogP contribution < -0.4 is 4.90 Å². The van der Waals surface area contributed by atoms with E-state index in [4.69, 9.17) is 8.37 Å². The highest BCUT2D eigenvalue weighted by Crippen LogP contribution is 2.69. The maximum absolute atomic E-state index is 12.1. The predicted octanol–water partition coefficient (Wildman–Crippen LogP) is 2.93. The second-order valence-corrected chi connectivity index (χ2v) is 8.32. The molecule has 2 atom stereocenters. The van der Waals surface area contributed by atoms with Gasteiger partial charge in [-0.2, -0.15) is 10.6 Å². The van der Waals surface area contributed by atoms with Gasteiger partial charge in [0.1, 0.15) is 0 Å². The summed E-state index contributed by atoms with van der Waals surface area (Å²) in [5.74, 6) is -0.0284. The van der Waals surface area contributed by atoms with Gasteiger partial charge in [-0.15, -0.1) is 0 Å². The summed E-state index contributed by atoms with van der Waals surface area (Å²) in [6.07, 6.45) is 3.92. The molecular weight excluding hydrogens is 262 g/mol. The van der Waals surface area contributed by atoms with E-state index in [2.05, 4.69) is 0 Å². The summed E-state index contributed by atoms with van der Waals surface area (Å²) in [6.45, 7) is 5.52. The molecule has 5 heteroatoms. The smallest absolute Gasteiger partial charge is 0.226 e. The first-order valence-electron chi connectivity index (χ1n) is 6.26. The highest BCUT2D eigenvalue weighted by molar-refractivity contribution is 8.24. The van der Waals surface area contributed by atoms with Crippen LogP contribution in [0.2, 0.25) is 0 Å². The molecule has 0 aliphatic carbocycles. The zero-order chi connectivity index (χ0) is 14.1. The van der Waals surface area contributed by atoms with Gasteiger partial charge in [0.25, 0.3) is 0 Å². The molecule has 0 saturated carbocycles. The van der Waals surface area contributed by atoms with Gasteiger partial charge in [-0.1, -0.05) is 18.2 Å². The Morgan fingerprint density at radius 2 is 1.84 bits per heavy atom. The SMILES string of the molecule is CC(=O)N1c2ccccc2C2(C)OS(C)(C)OC12C. The summed E-state index contributed by atoms with van der Waals surface area (Å²) in [5.41, 5.74) is 0.510. The number of para-hydroxylation sites is 1. The highest BCUT2D eigenvalue weighted by atomic mass is 32.3. The molecule has 2 heterocycles. The van der Waals surface area contributed by atoms with E-state index in [1.165, 1.54) is 0 Å². The summed E-state index contributed by atoms with van der Waals surface area (Å²) in [5, 5.41) is 0. The minimum atomic E-state index is -1.63. The lowest BCUT2D eigenvalue weighted by Crippen LogP contribution is -2.54. The molecule has 2 aliphatic rings. The molecule has 4 nitrogen and oxygen atoms in total. The van der Waals surface area contributed by atoms with Crippen LogP contribution in [0.15, 0.2) is 24.3 Å². The molecule has 1 fully saturated rings. The lowest BCUT2D eigenvalue weighted by Gasteiger charge is -2.36. The number of carbonyl (C=O) groups excluding carboxylic acids is 1. The standard InChI is InChI=1S/C14H19NO3S/c1-10(16)15-12-9-7-6-8-11(12)13(2)14(15,3)18-19(4,5)17-13/h6-9H,1-5H3. The van der Waals surface area contributed by atoms with Gasteiger partial charge in [-0.05, 0) is 19.9 Å². The van der Waals surface area contributed by atoms with Gasteiger partial charge in [0, 0.05) is 25.0 Å². The van der Waals surface area contributed by atoms with E-state index in [1.807, 2.05) is 50.6 Å². The van der Waals surface area contributed by atoms with E-state index in [-0.39, 0.29) is 5.91 Å². The highest BCUT2D eigenvalue weighted by Gasteiger charge is 2.67. The molecule has 104 valence electrons. The fourth-order valence-corrected chi connectivity index (χ4v) is 5.38. The molecule has 0 radical (unpaired) electrons. The second-order valence-electron chi connectivity index (χ2n) is 5.70. The lowest BCUT2D eigenvalue weighted by molar-refractivity contribution is -0.122. The zero-order valence-electron chi connectivity index (χ0n) is 11.9. The van der Waals surface area contributed by atoms with E-state index in [9.17, 15) is 4.79 Å².